The van der Waals surface area contributed by atoms with Gasteiger partial charge in [-0.2, -0.15) is 5.10 Å². The zero-order valence-electron chi connectivity index (χ0n) is 13.8. The number of amides is 1. The maximum Gasteiger partial charge on any atom is 0.253 e. The van der Waals surface area contributed by atoms with Crippen LogP contribution in [-0.2, 0) is 11.8 Å². The summed E-state index contributed by atoms with van der Waals surface area (Å²) in [5.74, 6) is -0.0688. The molecule has 6 nitrogen and oxygen atoms in total. The average Bonchev–Trinajstić information content (AvgIpc) is 3.27. The predicted molar refractivity (Wildman–Crippen MR) is 89.9 cm³/mol. The van der Waals surface area contributed by atoms with E-state index in [0.717, 1.165) is 23.2 Å². The minimum Gasteiger partial charge on any atom is -0.371 e. The molecule has 0 spiro atoms. The Kier molecular flexibility index (Phi) is 3.61. The number of rotatable bonds is 3. The highest BCUT2D eigenvalue weighted by molar-refractivity contribution is 5.95. The Labute approximate surface area is 140 Å². The molecule has 4 rings (SSSR count). The lowest BCUT2D eigenvalue weighted by Crippen LogP contribution is -2.36. The zero-order chi connectivity index (χ0) is 16.7. The van der Waals surface area contributed by atoms with Crippen molar-refractivity contribution in [3.63, 3.8) is 0 Å². The standard InChI is InChI=1S/C18H20N4O2/c1-12-15(10-19-21(12)2)17-16(6-8-24-17)20-18(23)13-9-14-5-3-4-7-22(14)11-13/h3-5,7,9-11,16-17H,6,8H2,1-2H3,(H,20,23)/t16-,17+/m0/s1. The average molecular weight is 324 g/mol. The van der Waals surface area contributed by atoms with Crippen LogP contribution >= 0.6 is 0 Å². The van der Waals surface area contributed by atoms with Crippen LogP contribution in [0.1, 0.15) is 34.1 Å². The summed E-state index contributed by atoms with van der Waals surface area (Å²) >= 11 is 0. The Morgan fingerprint density at radius 3 is 3.04 bits per heavy atom. The van der Waals surface area contributed by atoms with Gasteiger partial charge in [0, 0.05) is 42.8 Å². The summed E-state index contributed by atoms with van der Waals surface area (Å²) in [5, 5.41) is 7.41. The summed E-state index contributed by atoms with van der Waals surface area (Å²) in [4.78, 5) is 12.6. The van der Waals surface area contributed by atoms with Crippen molar-refractivity contribution in [1.29, 1.82) is 0 Å². The highest BCUT2D eigenvalue weighted by Crippen LogP contribution is 2.31. The molecule has 1 N–H and O–H groups in total. The molecule has 124 valence electrons. The Hall–Kier alpha value is -2.60. The molecule has 1 fully saturated rings. The smallest absolute Gasteiger partial charge is 0.253 e. The predicted octanol–water partition coefficient (Wildman–Crippen LogP) is 2.24. The SMILES string of the molecule is Cc1c([C@H]2OCC[C@@H]2NC(=O)c2cc3ccccn3c2)cnn1C. The van der Waals surface area contributed by atoms with Crippen LogP contribution in [-0.4, -0.2) is 32.7 Å². The normalized spacial score (nSPS) is 20.6. The number of carbonyl (C=O) groups excluding carboxylic acids is 1. The Balaban J connectivity index is 1.55. The third kappa shape index (κ3) is 2.49. The van der Waals surface area contributed by atoms with Gasteiger partial charge in [-0.25, -0.2) is 0 Å². The van der Waals surface area contributed by atoms with E-state index in [1.807, 2.05) is 65.9 Å². The summed E-state index contributed by atoms with van der Waals surface area (Å²) in [6, 6.07) is 7.75. The number of ether oxygens (including phenoxy) is 1. The summed E-state index contributed by atoms with van der Waals surface area (Å²) < 4.78 is 9.65. The molecular formula is C18H20N4O2. The monoisotopic (exact) mass is 324 g/mol. The van der Waals surface area contributed by atoms with Crippen molar-refractivity contribution in [3.8, 4) is 0 Å². The van der Waals surface area contributed by atoms with Crippen molar-refractivity contribution in [2.24, 2.45) is 7.05 Å². The van der Waals surface area contributed by atoms with E-state index in [2.05, 4.69) is 10.4 Å². The van der Waals surface area contributed by atoms with Crippen LogP contribution in [0.2, 0.25) is 0 Å². The number of pyridine rings is 1. The van der Waals surface area contributed by atoms with E-state index in [1.54, 1.807) is 0 Å². The summed E-state index contributed by atoms with van der Waals surface area (Å²) in [6.45, 7) is 2.66. The lowest BCUT2D eigenvalue weighted by Gasteiger charge is -2.19. The van der Waals surface area contributed by atoms with Crippen molar-refractivity contribution >= 4 is 11.4 Å². The quantitative estimate of drug-likeness (QED) is 0.804. The lowest BCUT2D eigenvalue weighted by molar-refractivity contribution is 0.0819. The molecule has 1 aliphatic heterocycles. The zero-order valence-corrected chi connectivity index (χ0v) is 13.8. The first-order valence-electron chi connectivity index (χ1n) is 8.11. The number of carbonyl (C=O) groups is 1. The number of aromatic nitrogens is 3. The van der Waals surface area contributed by atoms with Gasteiger partial charge in [0.05, 0.1) is 17.8 Å². The van der Waals surface area contributed by atoms with Crippen LogP contribution in [0.5, 0.6) is 0 Å². The molecule has 0 radical (unpaired) electrons. The molecule has 24 heavy (non-hydrogen) atoms. The minimum atomic E-state index is -0.139. The van der Waals surface area contributed by atoms with Crippen molar-refractivity contribution in [1.82, 2.24) is 19.5 Å². The first-order valence-corrected chi connectivity index (χ1v) is 8.11. The van der Waals surface area contributed by atoms with Gasteiger partial charge in [0.1, 0.15) is 6.10 Å². The first kappa shape index (κ1) is 15.0. The van der Waals surface area contributed by atoms with Gasteiger partial charge in [-0.15, -0.1) is 0 Å². The van der Waals surface area contributed by atoms with Crippen LogP contribution in [0, 0.1) is 6.92 Å². The van der Waals surface area contributed by atoms with E-state index in [-0.39, 0.29) is 18.1 Å². The summed E-state index contributed by atoms with van der Waals surface area (Å²) in [5.41, 5.74) is 3.78. The van der Waals surface area contributed by atoms with E-state index in [0.29, 0.717) is 12.2 Å². The van der Waals surface area contributed by atoms with Gasteiger partial charge in [0.25, 0.3) is 5.91 Å². The molecule has 1 aliphatic rings. The van der Waals surface area contributed by atoms with E-state index in [4.69, 9.17) is 4.74 Å². The van der Waals surface area contributed by atoms with Gasteiger partial charge in [-0.3, -0.25) is 9.48 Å². The number of hydrogen-bond acceptors (Lipinski definition) is 3. The Morgan fingerprint density at radius 2 is 2.29 bits per heavy atom. The molecule has 1 amide bonds. The molecule has 4 heterocycles. The van der Waals surface area contributed by atoms with Gasteiger partial charge in [-0.05, 0) is 31.5 Å². The van der Waals surface area contributed by atoms with Crippen molar-refractivity contribution in [2.45, 2.75) is 25.5 Å². The van der Waals surface area contributed by atoms with Crippen molar-refractivity contribution in [2.75, 3.05) is 6.61 Å². The van der Waals surface area contributed by atoms with Gasteiger partial charge >= 0.3 is 0 Å². The fourth-order valence-corrected chi connectivity index (χ4v) is 3.27. The molecule has 2 atom stereocenters. The van der Waals surface area contributed by atoms with Gasteiger partial charge in [0.2, 0.25) is 0 Å². The molecule has 0 aliphatic carbocycles. The second-order valence-electron chi connectivity index (χ2n) is 6.23. The second kappa shape index (κ2) is 5.79. The van der Waals surface area contributed by atoms with Crippen LogP contribution in [0.25, 0.3) is 5.52 Å². The molecule has 3 aromatic heterocycles. The number of hydrogen-bond donors (Lipinski definition) is 1. The number of fused-ring (bicyclic) bond motifs is 1. The number of nitrogens with one attached hydrogen (secondary N) is 1. The van der Waals surface area contributed by atoms with Gasteiger partial charge in [0.15, 0.2) is 0 Å². The maximum atomic E-state index is 12.6. The summed E-state index contributed by atoms with van der Waals surface area (Å²) in [6.07, 6.45) is 6.28. The second-order valence-corrected chi connectivity index (χ2v) is 6.23. The third-order valence-corrected chi connectivity index (χ3v) is 4.75. The van der Waals surface area contributed by atoms with Crippen LogP contribution in [0.15, 0.2) is 42.9 Å². The Bertz CT molecular complexity index is 862. The van der Waals surface area contributed by atoms with E-state index < -0.39 is 0 Å². The molecule has 0 saturated carbocycles. The summed E-state index contributed by atoms with van der Waals surface area (Å²) in [7, 11) is 1.91. The van der Waals surface area contributed by atoms with E-state index >= 15 is 0 Å². The molecule has 1 saturated heterocycles. The van der Waals surface area contributed by atoms with Crippen molar-refractivity contribution < 1.29 is 9.53 Å². The number of aryl methyl sites for hydroxylation is 1. The molecule has 6 heteroatoms. The first-order chi connectivity index (χ1) is 11.6. The molecule has 0 bridgehead atoms. The third-order valence-electron chi connectivity index (χ3n) is 4.75. The van der Waals surface area contributed by atoms with Gasteiger partial charge < -0.3 is 14.5 Å². The van der Waals surface area contributed by atoms with Crippen molar-refractivity contribution in [3.05, 3.63) is 59.7 Å². The lowest BCUT2D eigenvalue weighted by atomic mass is 10.0. The number of nitrogens with zero attached hydrogens (tertiary/aromatic N) is 3. The maximum absolute atomic E-state index is 12.6. The molecule has 0 unspecified atom stereocenters. The topological polar surface area (TPSA) is 60.6 Å². The van der Waals surface area contributed by atoms with E-state index in [9.17, 15) is 4.79 Å². The highest BCUT2D eigenvalue weighted by Gasteiger charge is 2.33. The van der Waals surface area contributed by atoms with Crippen LogP contribution < -0.4 is 5.32 Å². The molecule has 3 aromatic rings. The largest absolute Gasteiger partial charge is 0.371 e. The Morgan fingerprint density at radius 1 is 1.42 bits per heavy atom. The highest BCUT2D eigenvalue weighted by atomic mass is 16.5. The fourth-order valence-electron chi connectivity index (χ4n) is 3.27. The molecule has 0 aromatic carbocycles. The molecular weight excluding hydrogens is 304 g/mol. The van der Waals surface area contributed by atoms with Crippen LogP contribution in [0.3, 0.4) is 0 Å². The van der Waals surface area contributed by atoms with Crippen LogP contribution in [0.4, 0.5) is 0 Å². The van der Waals surface area contributed by atoms with Gasteiger partial charge in [-0.1, -0.05) is 6.07 Å². The minimum absolute atomic E-state index is 0.0385. The van der Waals surface area contributed by atoms with E-state index in [1.165, 1.54) is 0 Å². The fraction of sp³-hybridized carbons (Fsp3) is 0.333.